The first-order valence-electron chi connectivity index (χ1n) is 6.85. The van der Waals surface area contributed by atoms with Crippen LogP contribution in [-0.4, -0.2) is 12.1 Å². The Morgan fingerprint density at radius 2 is 1.95 bits per heavy atom. The Hall–Kier alpha value is -1.71. The number of ether oxygens (including phenoxy) is 1. The number of carbonyl (C=O) groups excluding carboxylic acids is 1. The van der Waals surface area contributed by atoms with Gasteiger partial charge >= 0.3 is 5.97 Å². The van der Waals surface area contributed by atoms with Gasteiger partial charge < -0.3 is 16.2 Å². The third-order valence-electron chi connectivity index (χ3n) is 3.87. The number of nitrogens with two attached hydrogens (primary N) is 2. The van der Waals surface area contributed by atoms with Crippen LogP contribution < -0.4 is 11.5 Å². The Kier molecular flexibility index (Phi) is 3.98. The van der Waals surface area contributed by atoms with Gasteiger partial charge in [0.2, 0.25) is 0 Å². The van der Waals surface area contributed by atoms with Gasteiger partial charge in [-0.1, -0.05) is 13.3 Å². The van der Waals surface area contributed by atoms with Gasteiger partial charge in [-0.25, -0.2) is 4.79 Å². The molecular formula is C15H22N2O2. The lowest BCUT2D eigenvalue weighted by Gasteiger charge is -2.28. The fourth-order valence-corrected chi connectivity index (χ4v) is 2.65. The van der Waals surface area contributed by atoms with E-state index in [0.717, 1.165) is 24.8 Å². The maximum absolute atomic E-state index is 12.2. The molecule has 2 rings (SSSR count). The molecule has 0 amide bonds. The van der Waals surface area contributed by atoms with E-state index in [2.05, 4.69) is 6.92 Å². The fourth-order valence-electron chi connectivity index (χ4n) is 2.65. The van der Waals surface area contributed by atoms with Crippen LogP contribution in [0.4, 0.5) is 11.4 Å². The van der Waals surface area contributed by atoms with Crippen molar-refractivity contribution in [3.05, 3.63) is 23.3 Å². The number of aryl methyl sites for hydroxylation is 1. The molecular weight excluding hydrogens is 240 g/mol. The minimum atomic E-state index is -0.355. The van der Waals surface area contributed by atoms with Crippen LogP contribution in [0.15, 0.2) is 12.1 Å². The van der Waals surface area contributed by atoms with Gasteiger partial charge in [0.15, 0.2) is 0 Å². The largest absolute Gasteiger partial charge is 0.458 e. The van der Waals surface area contributed by atoms with Crippen LogP contribution in [0, 0.1) is 12.8 Å². The third-order valence-corrected chi connectivity index (χ3v) is 3.87. The average molecular weight is 262 g/mol. The molecule has 1 fully saturated rings. The van der Waals surface area contributed by atoms with Crippen molar-refractivity contribution in [3.8, 4) is 0 Å². The summed E-state index contributed by atoms with van der Waals surface area (Å²) < 4.78 is 5.61. The van der Waals surface area contributed by atoms with E-state index in [1.807, 2.05) is 6.92 Å². The molecule has 4 N–H and O–H groups in total. The number of hydrogen-bond acceptors (Lipinski definition) is 4. The summed E-state index contributed by atoms with van der Waals surface area (Å²) in [5.41, 5.74) is 13.7. The van der Waals surface area contributed by atoms with Crippen LogP contribution >= 0.6 is 0 Å². The maximum atomic E-state index is 12.2. The van der Waals surface area contributed by atoms with E-state index in [1.165, 1.54) is 6.42 Å². The molecule has 4 heteroatoms. The Bertz CT molecular complexity index is 485. The monoisotopic (exact) mass is 262 g/mol. The zero-order valence-electron chi connectivity index (χ0n) is 11.6. The van der Waals surface area contributed by atoms with Gasteiger partial charge in [-0.3, -0.25) is 0 Å². The molecule has 1 aliphatic carbocycles. The molecule has 0 aromatic heterocycles. The van der Waals surface area contributed by atoms with E-state index >= 15 is 0 Å². The van der Waals surface area contributed by atoms with E-state index in [1.54, 1.807) is 12.1 Å². The summed E-state index contributed by atoms with van der Waals surface area (Å²) >= 11 is 0. The molecule has 19 heavy (non-hydrogen) atoms. The smallest absolute Gasteiger partial charge is 0.340 e. The number of nitrogen functional groups attached to an aromatic ring is 2. The summed E-state index contributed by atoms with van der Waals surface area (Å²) in [4.78, 5) is 12.2. The average Bonchev–Trinajstić information content (AvgIpc) is 2.36. The molecule has 0 spiro atoms. The van der Waals surface area contributed by atoms with Gasteiger partial charge in [-0.2, -0.15) is 0 Å². The van der Waals surface area contributed by atoms with Crippen molar-refractivity contribution in [3.63, 3.8) is 0 Å². The lowest BCUT2D eigenvalue weighted by atomic mass is 9.88. The number of anilines is 2. The quantitative estimate of drug-likeness (QED) is 0.634. The number of esters is 1. The molecule has 1 aromatic rings. The predicted molar refractivity (Wildman–Crippen MR) is 76.8 cm³/mol. The van der Waals surface area contributed by atoms with Gasteiger partial charge in [-0.05, 0) is 49.8 Å². The molecule has 2 unspecified atom stereocenters. The molecule has 2 atom stereocenters. The molecule has 1 aromatic carbocycles. The van der Waals surface area contributed by atoms with Crippen LogP contribution in [0.3, 0.4) is 0 Å². The summed E-state index contributed by atoms with van der Waals surface area (Å²) in [6.07, 6.45) is 4.39. The Balaban J connectivity index is 2.15. The van der Waals surface area contributed by atoms with Crippen LogP contribution in [0.5, 0.6) is 0 Å². The number of carbonyl (C=O) groups is 1. The summed E-state index contributed by atoms with van der Waals surface area (Å²) in [5.74, 6) is 0.0627. The van der Waals surface area contributed by atoms with Gasteiger partial charge in [0.1, 0.15) is 6.10 Å². The highest BCUT2D eigenvalue weighted by Gasteiger charge is 2.26. The molecule has 0 saturated heterocycles. The molecule has 0 heterocycles. The standard InChI is InChI=1S/C15H22N2O2/c1-9-7-11(14(17)12(16)8-9)15(18)19-13-6-4-3-5-10(13)2/h7-8,10,13H,3-6,16-17H2,1-2H3. The molecule has 4 nitrogen and oxygen atoms in total. The maximum Gasteiger partial charge on any atom is 0.340 e. The highest BCUT2D eigenvalue weighted by molar-refractivity contribution is 5.98. The Morgan fingerprint density at radius 1 is 1.26 bits per heavy atom. The zero-order chi connectivity index (χ0) is 14.0. The van der Waals surface area contributed by atoms with E-state index in [0.29, 0.717) is 22.9 Å². The predicted octanol–water partition coefficient (Wildman–Crippen LogP) is 2.89. The van der Waals surface area contributed by atoms with Crippen molar-refractivity contribution < 1.29 is 9.53 Å². The number of benzene rings is 1. The SMILES string of the molecule is Cc1cc(N)c(N)c(C(=O)OC2CCCCC2C)c1. The lowest BCUT2D eigenvalue weighted by molar-refractivity contribution is 0.00492. The fraction of sp³-hybridized carbons (Fsp3) is 0.533. The van der Waals surface area contributed by atoms with Crippen LogP contribution in [-0.2, 0) is 4.74 Å². The highest BCUT2D eigenvalue weighted by Crippen LogP contribution is 2.29. The van der Waals surface area contributed by atoms with Crippen molar-refractivity contribution in [1.29, 1.82) is 0 Å². The molecule has 0 bridgehead atoms. The first-order chi connectivity index (χ1) is 8.99. The molecule has 1 aliphatic rings. The molecule has 104 valence electrons. The second-order valence-corrected chi connectivity index (χ2v) is 5.52. The third kappa shape index (κ3) is 3.00. The van der Waals surface area contributed by atoms with Crippen molar-refractivity contribution in [2.24, 2.45) is 5.92 Å². The summed E-state index contributed by atoms with van der Waals surface area (Å²) in [7, 11) is 0. The first kappa shape index (κ1) is 13.7. The van der Waals surface area contributed by atoms with Gasteiger partial charge in [0.25, 0.3) is 0 Å². The van der Waals surface area contributed by atoms with Crippen LogP contribution in [0.2, 0.25) is 0 Å². The summed E-state index contributed by atoms with van der Waals surface area (Å²) in [6, 6.07) is 3.50. The second kappa shape index (κ2) is 5.51. The normalized spacial score (nSPS) is 23.1. The molecule has 0 radical (unpaired) electrons. The second-order valence-electron chi connectivity index (χ2n) is 5.52. The van der Waals surface area contributed by atoms with Crippen molar-refractivity contribution in [1.82, 2.24) is 0 Å². The highest BCUT2D eigenvalue weighted by atomic mass is 16.5. The summed E-state index contributed by atoms with van der Waals surface area (Å²) in [5, 5.41) is 0. The van der Waals surface area contributed by atoms with E-state index < -0.39 is 0 Å². The molecule has 1 saturated carbocycles. The van der Waals surface area contributed by atoms with Gasteiger partial charge in [0.05, 0.1) is 16.9 Å². The van der Waals surface area contributed by atoms with Gasteiger partial charge in [0, 0.05) is 0 Å². The number of rotatable bonds is 2. The zero-order valence-corrected chi connectivity index (χ0v) is 11.6. The van der Waals surface area contributed by atoms with E-state index in [9.17, 15) is 4.79 Å². The van der Waals surface area contributed by atoms with Crippen molar-refractivity contribution in [2.45, 2.75) is 45.6 Å². The van der Waals surface area contributed by atoms with E-state index in [-0.39, 0.29) is 12.1 Å². The Morgan fingerprint density at radius 3 is 2.63 bits per heavy atom. The summed E-state index contributed by atoms with van der Waals surface area (Å²) in [6.45, 7) is 4.01. The van der Waals surface area contributed by atoms with Crippen molar-refractivity contribution in [2.75, 3.05) is 11.5 Å². The lowest BCUT2D eigenvalue weighted by Crippen LogP contribution is -2.28. The van der Waals surface area contributed by atoms with Crippen molar-refractivity contribution >= 4 is 17.3 Å². The van der Waals surface area contributed by atoms with E-state index in [4.69, 9.17) is 16.2 Å². The minimum absolute atomic E-state index is 0.00221. The Labute approximate surface area is 114 Å². The molecule has 0 aliphatic heterocycles. The topological polar surface area (TPSA) is 78.3 Å². The minimum Gasteiger partial charge on any atom is -0.458 e. The first-order valence-corrected chi connectivity index (χ1v) is 6.85. The van der Waals surface area contributed by atoms with Crippen LogP contribution in [0.25, 0.3) is 0 Å². The number of hydrogen-bond donors (Lipinski definition) is 2. The van der Waals surface area contributed by atoms with Gasteiger partial charge in [-0.15, -0.1) is 0 Å². The van der Waals surface area contributed by atoms with Crippen LogP contribution in [0.1, 0.15) is 48.5 Å².